The smallest absolute Gasteiger partial charge is 0.317 e. The van der Waals surface area contributed by atoms with Crippen LogP contribution in [-0.4, -0.2) is 37.0 Å². The highest BCUT2D eigenvalue weighted by atomic mass is 79.9. The van der Waals surface area contributed by atoms with Crippen molar-refractivity contribution < 1.29 is 14.0 Å². The minimum absolute atomic E-state index is 0.223. The molecule has 0 saturated heterocycles. The SMILES string of the molecule is CN(Cc1ccc(Br)cc1)C(=O)NCCNC(=O)c1ccc(F)cc1. The van der Waals surface area contributed by atoms with Gasteiger partial charge in [0.25, 0.3) is 5.91 Å². The van der Waals surface area contributed by atoms with Gasteiger partial charge in [-0.15, -0.1) is 0 Å². The molecule has 7 heteroatoms. The van der Waals surface area contributed by atoms with Gasteiger partial charge in [0, 0.05) is 36.7 Å². The van der Waals surface area contributed by atoms with E-state index < -0.39 is 5.82 Å². The number of amides is 3. The summed E-state index contributed by atoms with van der Waals surface area (Å²) in [5, 5.41) is 5.40. The van der Waals surface area contributed by atoms with Gasteiger partial charge >= 0.3 is 6.03 Å². The van der Waals surface area contributed by atoms with Crippen LogP contribution in [0.4, 0.5) is 9.18 Å². The monoisotopic (exact) mass is 407 g/mol. The minimum Gasteiger partial charge on any atom is -0.350 e. The molecule has 2 aromatic rings. The van der Waals surface area contributed by atoms with E-state index in [-0.39, 0.29) is 18.5 Å². The van der Waals surface area contributed by atoms with Crippen LogP contribution in [0.3, 0.4) is 0 Å². The van der Waals surface area contributed by atoms with Crippen molar-refractivity contribution in [2.45, 2.75) is 6.54 Å². The van der Waals surface area contributed by atoms with Gasteiger partial charge in [-0.25, -0.2) is 9.18 Å². The number of rotatable bonds is 6. The highest BCUT2D eigenvalue weighted by Gasteiger charge is 2.09. The fraction of sp³-hybridized carbons (Fsp3) is 0.222. The molecule has 132 valence electrons. The third-order valence-electron chi connectivity index (χ3n) is 3.47. The largest absolute Gasteiger partial charge is 0.350 e. The molecule has 25 heavy (non-hydrogen) atoms. The van der Waals surface area contributed by atoms with E-state index in [2.05, 4.69) is 26.6 Å². The first-order valence-electron chi connectivity index (χ1n) is 7.73. The van der Waals surface area contributed by atoms with Crippen molar-refractivity contribution in [1.29, 1.82) is 0 Å². The van der Waals surface area contributed by atoms with Crippen LogP contribution < -0.4 is 10.6 Å². The number of carbonyl (C=O) groups is 2. The molecule has 0 aliphatic rings. The predicted molar refractivity (Wildman–Crippen MR) is 97.7 cm³/mol. The van der Waals surface area contributed by atoms with E-state index in [1.807, 2.05) is 24.3 Å². The van der Waals surface area contributed by atoms with E-state index in [1.54, 1.807) is 11.9 Å². The summed E-state index contributed by atoms with van der Waals surface area (Å²) in [5.41, 5.74) is 1.39. The topological polar surface area (TPSA) is 61.4 Å². The normalized spacial score (nSPS) is 10.2. The Morgan fingerprint density at radius 3 is 2.24 bits per heavy atom. The van der Waals surface area contributed by atoms with Gasteiger partial charge in [0.2, 0.25) is 0 Å². The van der Waals surface area contributed by atoms with Gasteiger partial charge in [0.15, 0.2) is 0 Å². The van der Waals surface area contributed by atoms with Gasteiger partial charge in [0.05, 0.1) is 0 Å². The van der Waals surface area contributed by atoms with Crippen LogP contribution in [0.2, 0.25) is 0 Å². The van der Waals surface area contributed by atoms with Crippen LogP contribution in [0.15, 0.2) is 53.0 Å². The number of hydrogen-bond donors (Lipinski definition) is 2. The Morgan fingerprint density at radius 1 is 1.00 bits per heavy atom. The maximum Gasteiger partial charge on any atom is 0.317 e. The van der Waals surface area contributed by atoms with Crippen LogP contribution in [0, 0.1) is 5.82 Å². The van der Waals surface area contributed by atoms with Gasteiger partial charge in [-0.3, -0.25) is 4.79 Å². The molecule has 5 nitrogen and oxygen atoms in total. The summed E-state index contributed by atoms with van der Waals surface area (Å²) in [7, 11) is 1.70. The van der Waals surface area contributed by atoms with E-state index in [1.165, 1.54) is 24.3 Å². The second-order valence-electron chi connectivity index (χ2n) is 5.48. The molecule has 3 amide bonds. The molecule has 0 aliphatic heterocycles. The summed E-state index contributed by atoms with van der Waals surface area (Å²) in [6, 6.07) is 12.8. The average molecular weight is 408 g/mol. The summed E-state index contributed by atoms with van der Waals surface area (Å²) in [5.74, 6) is -0.699. The molecule has 0 unspecified atom stereocenters. The lowest BCUT2D eigenvalue weighted by atomic mass is 10.2. The molecule has 0 heterocycles. The standard InChI is InChI=1S/C18H19BrFN3O2/c1-23(12-13-2-6-15(19)7-3-13)18(25)22-11-10-21-17(24)14-4-8-16(20)9-5-14/h2-9H,10-12H2,1H3,(H,21,24)(H,22,25). The first-order chi connectivity index (χ1) is 12.0. The van der Waals surface area contributed by atoms with Gasteiger partial charge in [0.1, 0.15) is 5.82 Å². The summed E-state index contributed by atoms with van der Waals surface area (Å²) in [6.07, 6.45) is 0. The Kier molecular flexibility index (Phi) is 6.94. The number of nitrogens with one attached hydrogen (secondary N) is 2. The molecular formula is C18H19BrFN3O2. The lowest BCUT2D eigenvalue weighted by Gasteiger charge is -2.18. The summed E-state index contributed by atoms with van der Waals surface area (Å²) >= 11 is 3.37. The molecule has 2 rings (SSSR count). The highest BCUT2D eigenvalue weighted by molar-refractivity contribution is 9.10. The van der Waals surface area contributed by atoms with Crippen molar-refractivity contribution in [1.82, 2.24) is 15.5 Å². The molecule has 0 fully saturated rings. The zero-order chi connectivity index (χ0) is 18.2. The van der Waals surface area contributed by atoms with E-state index in [0.29, 0.717) is 18.7 Å². The molecule has 0 saturated carbocycles. The molecule has 0 spiro atoms. The Labute approximate surface area is 154 Å². The van der Waals surface area contributed by atoms with Crippen molar-refractivity contribution >= 4 is 27.9 Å². The van der Waals surface area contributed by atoms with E-state index in [4.69, 9.17) is 0 Å². The van der Waals surface area contributed by atoms with E-state index >= 15 is 0 Å². The van der Waals surface area contributed by atoms with Crippen molar-refractivity contribution in [3.63, 3.8) is 0 Å². The number of halogens is 2. The summed E-state index contributed by atoms with van der Waals surface area (Å²) in [4.78, 5) is 25.4. The number of hydrogen-bond acceptors (Lipinski definition) is 2. The molecule has 2 N–H and O–H groups in total. The molecular weight excluding hydrogens is 389 g/mol. The first kappa shape index (κ1) is 18.9. The Balaban J connectivity index is 1.69. The zero-order valence-corrected chi connectivity index (χ0v) is 15.3. The fourth-order valence-corrected chi connectivity index (χ4v) is 2.38. The lowest BCUT2D eigenvalue weighted by molar-refractivity contribution is 0.0953. The second kappa shape index (κ2) is 9.17. The van der Waals surface area contributed by atoms with Crippen molar-refractivity contribution in [3.05, 3.63) is 69.9 Å². The summed E-state index contributed by atoms with van der Waals surface area (Å²) < 4.78 is 13.8. The number of nitrogens with zero attached hydrogens (tertiary/aromatic N) is 1. The fourth-order valence-electron chi connectivity index (χ4n) is 2.12. The average Bonchev–Trinajstić information content (AvgIpc) is 2.60. The number of urea groups is 1. The first-order valence-corrected chi connectivity index (χ1v) is 8.52. The van der Waals surface area contributed by atoms with Gasteiger partial charge in [-0.05, 0) is 42.0 Å². The Bertz CT molecular complexity index is 720. The number of carbonyl (C=O) groups excluding carboxylic acids is 2. The van der Waals surface area contributed by atoms with Crippen LogP contribution in [-0.2, 0) is 6.54 Å². The van der Waals surface area contributed by atoms with Crippen molar-refractivity contribution in [2.75, 3.05) is 20.1 Å². The molecule has 0 atom stereocenters. The Hall–Kier alpha value is -2.41. The van der Waals surface area contributed by atoms with Gasteiger partial charge < -0.3 is 15.5 Å². The van der Waals surface area contributed by atoms with Gasteiger partial charge in [-0.2, -0.15) is 0 Å². The molecule has 0 aromatic heterocycles. The van der Waals surface area contributed by atoms with Crippen LogP contribution in [0.5, 0.6) is 0 Å². The minimum atomic E-state index is -0.391. The van der Waals surface area contributed by atoms with Gasteiger partial charge in [-0.1, -0.05) is 28.1 Å². The molecule has 2 aromatic carbocycles. The zero-order valence-electron chi connectivity index (χ0n) is 13.8. The van der Waals surface area contributed by atoms with Crippen LogP contribution in [0.25, 0.3) is 0 Å². The number of benzene rings is 2. The highest BCUT2D eigenvalue weighted by Crippen LogP contribution is 2.11. The van der Waals surface area contributed by atoms with Crippen molar-refractivity contribution in [2.24, 2.45) is 0 Å². The Morgan fingerprint density at radius 2 is 1.60 bits per heavy atom. The second-order valence-corrected chi connectivity index (χ2v) is 6.39. The quantitative estimate of drug-likeness (QED) is 0.722. The van der Waals surface area contributed by atoms with Crippen LogP contribution in [0.1, 0.15) is 15.9 Å². The predicted octanol–water partition coefficient (Wildman–Crippen LogP) is 3.16. The maximum atomic E-state index is 12.8. The van der Waals surface area contributed by atoms with E-state index in [0.717, 1.165) is 10.0 Å². The maximum absolute atomic E-state index is 12.8. The third-order valence-corrected chi connectivity index (χ3v) is 4.00. The summed E-state index contributed by atoms with van der Waals surface area (Å²) in [6.45, 7) is 1.07. The lowest BCUT2D eigenvalue weighted by Crippen LogP contribution is -2.41. The van der Waals surface area contributed by atoms with Crippen molar-refractivity contribution in [3.8, 4) is 0 Å². The third kappa shape index (κ3) is 6.19. The van der Waals surface area contributed by atoms with Crippen LogP contribution >= 0.6 is 15.9 Å². The molecule has 0 radical (unpaired) electrons. The van der Waals surface area contributed by atoms with E-state index in [9.17, 15) is 14.0 Å². The molecule has 0 aliphatic carbocycles. The molecule has 0 bridgehead atoms.